The van der Waals surface area contributed by atoms with E-state index in [-0.39, 0.29) is 11.9 Å². The lowest BCUT2D eigenvalue weighted by Crippen LogP contribution is -2.26. The first-order valence-electron chi connectivity index (χ1n) is 6.33. The van der Waals surface area contributed by atoms with Crippen molar-refractivity contribution in [3.63, 3.8) is 0 Å². The zero-order valence-corrected chi connectivity index (χ0v) is 11.8. The van der Waals surface area contributed by atoms with Crippen LogP contribution in [-0.4, -0.2) is 39.1 Å². The molecule has 1 atom stereocenters. The van der Waals surface area contributed by atoms with Gasteiger partial charge in [-0.25, -0.2) is 4.39 Å². The van der Waals surface area contributed by atoms with Crippen LogP contribution in [0.25, 0.3) is 0 Å². The lowest BCUT2D eigenvalue weighted by molar-refractivity contribution is 0.401. The lowest BCUT2D eigenvalue weighted by atomic mass is 10.1. The average molecular weight is 253 g/mol. The summed E-state index contributed by atoms with van der Waals surface area (Å²) in [6, 6.07) is 4.94. The van der Waals surface area contributed by atoms with E-state index in [2.05, 4.69) is 4.90 Å². The van der Waals surface area contributed by atoms with Crippen LogP contribution in [0.3, 0.4) is 0 Å². The molecule has 0 unspecified atom stereocenters. The van der Waals surface area contributed by atoms with Crippen molar-refractivity contribution in [2.75, 3.05) is 39.1 Å². The van der Waals surface area contributed by atoms with E-state index in [1.54, 1.807) is 6.07 Å². The van der Waals surface area contributed by atoms with Crippen LogP contribution in [0, 0.1) is 5.82 Å². The van der Waals surface area contributed by atoms with E-state index in [0.717, 1.165) is 25.1 Å². The Balaban J connectivity index is 2.80. The number of halogens is 1. The molecule has 102 valence electrons. The SMILES string of the molecule is C[C@@H](N)c1cccc(F)c1N(C)CCCN(C)C. The Labute approximate surface area is 109 Å². The van der Waals surface area contributed by atoms with Gasteiger partial charge in [-0.2, -0.15) is 0 Å². The molecule has 1 rings (SSSR count). The van der Waals surface area contributed by atoms with E-state index in [0.29, 0.717) is 5.69 Å². The summed E-state index contributed by atoms with van der Waals surface area (Å²) in [6.45, 7) is 3.69. The smallest absolute Gasteiger partial charge is 0.146 e. The number of hydrogen-bond donors (Lipinski definition) is 1. The van der Waals surface area contributed by atoms with Crippen molar-refractivity contribution in [1.29, 1.82) is 0 Å². The third-order valence-electron chi connectivity index (χ3n) is 2.99. The number of benzene rings is 1. The van der Waals surface area contributed by atoms with Crippen molar-refractivity contribution < 1.29 is 4.39 Å². The second-order valence-corrected chi connectivity index (χ2v) is 5.04. The fraction of sp³-hybridized carbons (Fsp3) is 0.571. The molecule has 2 N–H and O–H groups in total. The second-order valence-electron chi connectivity index (χ2n) is 5.04. The van der Waals surface area contributed by atoms with Crippen LogP contribution in [0.1, 0.15) is 24.9 Å². The van der Waals surface area contributed by atoms with Crippen molar-refractivity contribution in [3.8, 4) is 0 Å². The normalized spacial score (nSPS) is 12.8. The molecule has 0 aliphatic rings. The molecule has 1 aromatic rings. The third-order valence-corrected chi connectivity index (χ3v) is 2.99. The van der Waals surface area contributed by atoms with Gasteiger partial charge in [0.2, 0.25) is 0 Å². The molecule has 0 bridgehead atoms. The first-order valence-corrected chi connectivity index (χ1v) is 6.33. The molecule has 18 heavy (non-hydrogen) atoms. The summed E-state index contributed by atoms with van der Waals surface area (Å²) in [5.41, 5.74) is 7.39. The van der Waals surface area contributed by atoms with Crippen molar-refractivity contribution >= 4 is 5.69 Å². The van der Waals surface area contributed by atoms with Crippen LogP contribution in [-0.2, 0) is 0 Å². The summed E-state index contributed by atoms with van der Waals surface area (Å²) >= 11 is 0. The van der Waals surface area contributed by atoms with Gasteiger partial charge in [0.1, 0.15) is 5.82 Å². The molecule has 4 heteroatoms. The number of nitrogens with zero attached hydrogens (tertiary/aromatic N) is 2. The van der Waals surface area contributed by atoms with Gasteiger partial charge >= 0.3 is 0 Å². The van der Waals surface area contributed by atoms with Gasteiger partial charge in [-0.05, 0) is 45.6 Å². The first-order chi connectivity index (χ1) is 8.43. The molecule has 0 fully saturated rings. The average Bonchev–Trinajstić information content (AvgIpc) is 2.27. The summed E-state index contributed by atoms with van der Waals surface area (Å²) in [5.74, 6) is -0.197. The number of nitrogens with two attached hydrogens (primary N) is 1. The van der Waals surface area contributed by atoms with E-state index < -0.39 is 0 Å². The highest BCUT2D eigenvalue weighted by Crippen LogP contribution is 2.27. The summed E-state index contributed by atoms with van der Waals surface area (Å²) in [6.07, 6.45) is 0.996. The number of anilines is 1. The Hall–Kier alpha value is -1.13. The zero-order chi connectivity index (χ0) is 13.7. The minimum absolute atomic E-state index is 0.160. The van der Waals surface area contributed by atoms with E-state index >= 15 is 0 Å². The first kappa shape index (κ1) is 14.9. The second kappa shape index (κ2) is 6.71. The standard InChI is InChI=1S/C14H24FN3/c1-11(16)12-7-5-8-13(15)14(12)18(4)10-6-9-17(2)3/h5,7-8,11H,6,9-10,16H2,1-4H3/t11-/m1/s1. The van der Waals surface area contributed by atoms with Gasteiger partial charge in [0, 0.05) is 19.6 Å². The molecule has 0 radical (unpaired) electrons. The third kappa shape index (κ3) is 3.96. The molecule has 0 heterocycles. The predicted molar refractivity (Wildman–Crippen MR) is 75.4 cm³/mol. The minimum atomic E-state index is -0.197. The van der Waals surface area contributed by atoms with Crippen molar-refractivity contribution in [2.24, 2.45) is 5.73 Å². The summed E-state index contributed by atoms with van der Waals surface area (Å²) in [5, 5.41) is 0. The maximum atomic E-state index is 13.9. The van der Waals surface area contributed by atoms with Gasteiger partial charge in [-0.15, -0.1) is 0 Å². The summed E-state index contributed by atoms with van der Waals surface area (Å²) < 4.78 is 13.9. The Morgan fingerprint density at radius 1 is 1.22 bits per heavy atom. The van der Waals surface area contributed by atoms with Gasteiger partial charge in [-0.3, -0.25) is 0 Å². The van der Waals surface area contributed by atoms with E-state index in [1.165, 1.54) is 6.07 Å². The highest BCUT2D eigenvalue weighted by atomic mass is 19.1. The van der Waals surface area contributed by atoms with Crippen LogP contribution >= 0.6 is 0 Å². The van der Waals surface area contributed by atoms with Crippen molar-refractivity contribution in [1.82, 2.24) is 4.90 Å². The molecule has 0 amide bonds. The Kier molecular flexibility index (Phi) is 5.56. The van der Waals surface area contributed by atoms with Crippen LogP contribution in [0.4, 0.5) is 10.1 Å². The summed E-state index contributed by atoms with van der Waals surface area (Å²) in [4.78, 5) is 4.08. The highest BCUT2D eigenvalue weighted by molar-refractivity contribution is 5.55. The van der Waals surface area contributed by atoms with E-state index in [9.17, 15) is 4.39 Å². The van der Waals surface area contributed by atoms with Crippen LogP contribution < -0.4 is 10.6 Å². The topological polar surface area (TPSA) is 32.5 Å². The monoisotopic (exact) mass is 253 g/mol. The molecule has 0 aromatic heterocycles. The molecular weight excluding hydrogens is 229 g/mol. The number of hydrogen-bond acceptors (Lipinski definition) is 3. The molecule has 0 spiro atoms. The molecular formula is C14H24FN3. The quantitative estimate of drug-likeness (QED) is 0.844. The van der Waals surface area contributed by atoms with Crippen molar-refractivity contribution in [3.05, 3.63) is 29.6 Å². The van der Waals surface area contributed by atoms with Gasteiger partial charge in [0.05, 0.1) is 5.69 Å². The highest BCUT2D eigenvalue weighted by Gasteiger charge is 2.15. The molecule has 3 nitrogen and oxygen atoms in total. The van der Waals surface area contributed by atoms with Gasteiger partial charge in [0.15, 0.2) is 0 Å². The fourth-order valence-corrected chi connectivity index (χ4v) is 2.04. The molecule has 1 aromatic carbocycles. The fourth-order valence-electron chi connectivity index (χ4n) is 2.04. The predicted octanol–water partition coefficient (Wildman–Crippen LogP) is 2.23. The Morgan fingerprint density at radius 2 is 1.89 bits per heavy atom. The van der Waals surface area contributed by atoms with E-state index in [1.807, 2.05) is 39.0 Å². The molecule has 0 aliphatic heterocycles. The van der Waals surface area contributed by atoms with Gasteiger partial charge in [-0.1, -0.05) is 12.1 Å². The van der Waals surface area contributed by atoms with Crippen LogP contribution in [0.5, 0.6) is 0 Å². The van der Waals surface area contributed by atoms with Gasteiger partial charge < -0.3 is 15.5 Å². The van der Waals surface area contributed by atoms with Gasteiger partial charge in [0.25, 0.3) is 0 Å². The van der Waals surface area contributed by atoms with Crippen LogP contribution in [0.15, 0.2) is 18.2 Å². The van der Waals surface area contributed by atoms with E-state index in [4.69, 9.17) is 5.73 Å². The Morgan fingerprint density at radius 3 is 2.44 bits per heavy atom. The number of rotatable bonds is 6. The largest absolute Gasteiger partial charge is 0.372 e. The Bertz CT molecular complexity index is 377. The minimum Gasteiger partial charge on any atom is -0.372 e. The molecule has 0 saturated heterocycles. The number of para-hydroxylation sites is 1. The summed E-state index contributed by atoms with van der Waals surface area (Å²) in [7, 11) is 5.99. The lowest BCUT2D eigenvalue weighted by Gasteiger charge is -2.25. The zero-order valence-electron chi connectivity index (χ0n) is 11.8. The van der Waals surface area contributed by atoms with Crippen LogP contribution in [0.2, 0.25) is 0 Å². The maximum Gasteiger partial charge on any atom is 0.146 e. The molecule has 0 saturated carbocycles. The van der Waals surface area contributed by atoms with Crippen molar-refractivity contribution in [2.45, 2.75) is 19.4 Å². The maximum absolute atomic E-state index is 13.9. The molecule has 0 aliphatic carbocycles.